The minimum absolute atomic E-state index is 0.0660. The van der Waals surface area contributed by atoms with Gasteiger partial charge in [-0.25, -0.2) is 0 Å². The molecule has 21 heavy (non-hydrogen) atoms. The lowest BCUT2D eigenvalue weighted by molar-refractivity contribution is 0.0568. The molecule has 2 aromatic heterocycles. The Morgan fingerprint density at radius 2 is 2.48 bits per heavy atom. The monoisotopic (exact) mass is 324 g/mol. The highest BCUT2D eigenvalue weighted by Crippen LogP contribution is 2.32. The maximum atomic E-state index is 12.7. The lowest BCUT2D eigenvalue weighted by Crippen LogP contribution is -2.37. The molecule has 0 N–H and O–H groups in total. The summed E-state index contributed by atoms with van der Waals surface area (Å²) in [5.41, 5.74) is 0.788. The number of nitrogens with zero attached hydrogens (tertiary/aromatic N) is 2. The molecule has 0 aromatic carbocycles. The van der Waals surface area contributed by atoms with E-state index in [-0.39, 0.29) is 11.9 Å². The van der Waals surface area contributed by atoms with Crippen LogP contribution >= 0.6 is 22.9 Å². The summed E-state index contributed by atoms with van der Waals surface area (Å²) in [7, 11) is 0. The number of fused-ring (bicyclic) bond motifs is 1. The van der Waals surface area contributed by atoms with Gasteiger partial charge in [0.2, 0.25) is 0 Å². The fourth-order valence-corrected chi connectivity index (χ4v) is 3.93. The van der Waals surface area contributed by atoms with Gasteiger partial charge in [0.15, 0.2) is 0 Å². The predicted molar refractivity (Wildman–Crippen MR) is 85.2 cm³/mol. The second-order valence-corrected chi connectivity index (χ2v) is 6.53. The maximum absolute atomic E-state index is 12.7. The molecule has 0 bridgehead atoms. The number of carbonyl (C=O) groups excluding carboxylic acids is 1. The zero-order valence-electron chi connectivity index (χ0n) is 11.8. The normalized spacial score (nSPS) is 18.6. The largest absolute Gasteiger partial charge is 0.380 e. The van der Waals surface area contributed by atoms with Crippen LogP contribution in [-0.4, -0.2) is 41.6 Å². The number of rotatable bonds is 4. The zero-order chi connectivity index (χ0) is 14.8. The van der Waals surface area contributed by atoms with Gasteiger partial charge < -0.3 is 9.64 Å². The number of thiophene rings is 1. The number of carbonyl (C=O) groups is 1. The van der Waals surface area contributed by atoms with Gasteiger partial charge in [-0.2, -0.15) is 0 Å². The maximum Gasteiger partial charge on any atom is 0.264 e. The molecule has 1 saturated heterocycles. The third-order valence-corrected chi connectivity index (χ3v) is 5.30. The van der Waals surface area contributed by atoms with Crippen molar-refractivity contribution in [2.75, 3.05) is 19.8 Å². The number of amides is 1. The van der Waals surface area contributed by atoms with Crippen molar-refractivity contribution in [1.82, 2.24) is 9.88 Å². The summed E-state index contributed by atoms with van der Waals surface area (Å²) >= 11 is 7.58. The molecule has 1 aliphatic rings. The predicted octanol–water partition coefficient (Wildman–Crippen LogP) is 3.59. The van der Waals surface area contributed by atoms with Gasteiger partial charge in [-0.3, -0.25) is 9.78 Å². The van der Waals surface area contributed by atoms with E-state index in [1.807, 2.05) is 17.9 Å². The van der Waals surface area contributed by atoms with Gasteiger partial charge in [0.05, 0.1) is 32.8 Å². The molecule has 1 atom stereocenters. The smallest absolute Gasteiger partial charge is 0.264 e. The van der Waals surface area contributed by atoms with Crippen LogP contribution in [0.3, 0.4) is 0 Å². The first-order chi connectivity index (χ1) is 10.2. The number of hydrogen-bond acceptors (Lipinski definition) is 4. The van der Waals surface area contributed by atoms with Crippen LogP contribution in [0.4, 0.5) is 0 Å². The van der Waals surface area contributed by atoms with Gasteiger partial charge in [0.25, 0.3) is 5.91 Å². The summed E-state index contributed by atoms with van der Waals surface area (Å²) in [5.74, 6) is 0.0660. The Labute approximate surface area is 132 Å². The van der Waals surface area contributed by atoms with Crippen molar-refractivity contribution in [3.8, 4) is 0 Å². The van der Waals surface area contributed by atoms with E-state index in [1.54, 1.807) is 12.3 Å². The highest BCUT2D eigenvalue weighted by molar-refractivity contribution is 7.21. The van der Waals surface area contributed by atoms with Crippen molar-refractivity contribution in [2.24, 2.45) is 0 Å². The Morgan fingerprint density at radius 3 is 3.24 bits per heavy atom. The molecule has 2 aromatic rings. The van der Waals surface area contributed by atoms with Gasteiger partial charge in [0.1, 0.15) is 0 Å². The molecule has 3 rings (SSSR count). The fourth-order valence-electron chi connectivity index (χ4n) is 2.68. The van der Waals surface area contributed by atoms with Crippen LogP contribution in [0.2, 0.25) is 5.02 Å². The molecule has 0 radical (unpaired) electrons. The van der Waals surface area contributed by atoms with E-state index < -0.39 is 0 Å². The van der Waals surface area contributed by atoms with Crippen LogP contribution in [-0.2, 0) is 4.74 Å². The van der Waals surface area contributed by atoms with Crippen LogP contribution in [0.5, 0.6) is 0 Å². The van der Waals surface area contributed by atoms with Crippen molar-refractivity contribution in [3.05, 3.63) is 28.2 Å². The number of hydrogen-bond donors (Lipinski definition) is 0. The number of likely N-dealkylation sites (tertiary alicyclic amines) is 1. The van der Waals surface area contributed by atoms with E-state index in [1.165, 1.54) is 11.3 Å². The van der Waals surface area contributed by atoms with E-state index >= 15 is 0 Å². The number of aromatic nitrogens is 1. The summed E-state index contributed by atoms with van der Waals surface area (Å²) in [4.78, 5) is 19.6. The second kappa shape index (κ2) is 6.30. The highest BCUT2D eigenvalue weighted by atomic mass is 35.5. The van der Waals surface area contributed by atoms with Gasteiger partial charge in [0, 0.05) is 19.3 Å². The van der Waals surface area contributed by atoms with E-state index in [0.717, 1.165) is 29.6 Å². The van der Waals surface area contributed by atoms with Crippen molar-refractivity contribution >= 4 is 39.1 Å². The number of ether oxygens (including phenoxy) is 1. The SMILES string of the molecule is CCOCC1CCCN1C(=O)c1cc2nccc(Cl)c2s1. The quantitative estimate of drug-likeness (QED) is 0.863. The fraction of sp³-hybridized carbons (Fsp3) is 0.467. The molecular formula is C15H17ClN2O2S. The van der Waals surface area contributed by atoms with E-state index in [0.29, 0.717) is 23.1 Å². The molecule has 3 heterocycles. The Kier molecular flexibility index (Phi) is 4.42. The Hall–Kier alpha value is -1.17. The summed E-state index contributed by atoms with van der Waals surface area (Å²) in [5, 5.41) is 0.649. The minimum atomic E-state index is 0.0660. The molecule has 6 heteroatoms. The number of halogens is 1. The molecule has 4 nitrogen and oxygen atoms in total. The molecule has 1 fully saturated rings. The summed E-state index contributed by atoms with van der Waals surface area (Å²) in [6.45, 7) is 4.07. The second-order valence-electron chi connectivity index (χ2n) is 5.07. The van der Waals surface area contributed by atoms with Crippen molar-refractivity contribution in [1.29, 1.82) is 0 Å². The highest BCUT2D eigenvalue weighted by Gasteiger charge is 2.30. The molecular weight excluding hydrogens is 308 g/mol. The van der Waals surface area contributed by atoms with Crippen LogP contribution < -0.4 is 0 Å². The van der Waals surface area contributed by atoms with E-state index in [9.17, 15) is 4.79 Å². The summed E-state index contributed by atoms with van der Waals surface area (Å²) in [6.07, 6.45) is 3.71. The lowest BCUT2D eigenvalue weighted by Gasteiger charge is -2.23. The van der Waals surface area contributed by atoms with Crippen molar-refractivity contribution in [3.63, 3.8) is 0 Å². The Bertz CT molecular complexity index is 658. The first-order valence-electron chi connectivity index (χ1n) is 7.13. The number of pyridine rings is 1. The third-order valence-electron chi connectivity index (χ3n) is 3.73. The Balaban J connectivity index is 1.84. The molecule has 0 spiro atoms. The average Bonchev–Trinajstić information content (AvgIpc) is 3.11. The van der Waals surface area contributed by atoms with Crippen LogP contribution in [0.25, 0.3) is 10.2 Å². The van der Waals surface area contributed by atoms with Gasteiger partial charge >= 0.3 is 0 Å². The van der Waals surface area contributed by atoms with Crippen LogP contribution in [0, 0.1) is 0 Å². The van der Waals surface area contributed by atoms with Gasteiger partial charge in [-0.15, -0.1) is 11.3 Å². The van der Waals surface area contributed by atoms with Crippen molar-refractivity contribution in [2.45, 2.75) is 25.8 Å². The molecule has 0 aliphatic carbocycles. The summed E-state index contributed by atoms with van der Waals surface area (Å²) in [6, 6.07) is 3.78. The topological polar surface area (TPSA) is 42.4 Å². The molecule has 112 valence electrons. The van der Waals surface area contributed by atoms with E-state index in [2.05, 4.69) is 4.98 Å². The first kappa shape index (κ1) is 14.8. The first-order valence-corrected chi connectivity index (χ1v) is 8.33. The minimum Gasteiger partial charge on any atom is -0.380 e. The molecule has 1 unspecified atom stereocenters. The third kappa shape index (κ3) is 2.91. The molecule has 1 amide bonds. The zero-order valence-corrected chi connectivity index (χ0v) is 13.4. The average molecular weight is 325 g/mol. The van der Waals surface area contributed by atoms with E-state index in [4.69, 9.17) is 16.3 Å². The summed E-state index contributed by atoms with van der Waals surface area (Å²) < 4.78 is 6.37. The van der Waals surface area contributed by atoms with Crippen LogP contribution in [0.1, 0.15) is 29.4 Å². The van der Waals surface area contributed by atoms with Crippen LogP contribution in [0.15, 0.2) is 18.3 Å². The molecule has 0 saturated carbocycles. The Morgan fingerprint density at radius 1 is 1.62 bits per heavy atom. The molecule has 1 aliphatic heterocycles. The standard InChI is InChI=1S/C15H17ClN2O2S/c1-2-20-9-10-4-3-7-18(10)15(19)13-8-12-14(21-13)11(16)5-6-17-12/h5-6,8,10H,2-4,7,9H2,1H3. The van der Waals surface area contributed by atoms with Crippen molar-refractivity contribution < 1.29 is 9.53 Å². The van der Waals surface area contributed by atoms with Gasteiger partial charge in [-0.05, 0) is 31.9 Å². The lowest BCUT2D eigenvalue weighted by atomic mass is 10.2. The van der Waals surface area contributed by atoms with Gasteiger partial charge in [-0.1, -0.05) is 11.6 Å².